The fourth-order valence-corrected chi connectivity index (χ4v) is 2.98. The van der Waals surface area contributed by atoms with Crippen LogP contribution in [0.3, 0.4) is 0 Å². The summed E-state index contributed by atoms with van der Waals surface area (Å²) in [5.41, 5.74) is 0.721. The van der Waals surface area contributed by atoms with Crippen LogP contribution >= 0.6 is 0 Å². The number of methoxy groups -OCH3 is 1. The molecule has 140 valence electrons. The molecule has 1 heterocycles. The summed E-state index contributed by atoms with van der Waals surface area (Å²) in [4.78, 5) is 13.2. The average Bonchev–Trinajstić information content (AvgIpc) is 2.55. The van der Waals surface area contributed by atoms with Crippen molar-refractivity contribution >= 4 is 5.97 Å². The molecule has 0 amide bonds. The highest BCUT2D eigenvalue weighted by molar-refractivity contribution is 5.70. The Morgan fingerprint density at radius 2 is 1.96 bits per heavy atom. The number of hydrogen-bond donors (Lipinski definition) is 1. The molecule has 0 aliphatic carbocycles. The second-order valence-corrected chi connectivity index (χ2v) is 5.96. The number of carbonyl (C=O) groups is 1. The van der Waals surface area contributed by atoms with Crippen LogP contribution in [0.5, 0.6) is 11.5 Å². The van der Waals surface area contributed by atoms with E-state index in [0.29, 0.717) is 18.8 Å². The van der Waals surface area contributed by atoms with Crippen LogP contribution in [-0.4, -0.2) is 50.3 Å². The van der Waals surface area contributed by atoms with Crippen LogP contribution in [0.1, 0.15) is 31.4 Å². The molecule has 5 nitrogen and oxygen atoms in total. The van der Waals surface area contributed by atoms with Crippen LogP contribution in [0, 0.1) is 0 Å². The van der Waals surface area contributed by atoms with Crippen molar-refractivity contribution in [3.05, 3.63) is 23.8 Å². The molecule has 1 aromatic rings. The smallest absolute Gasteiger partial charge is 0.389 e. The van der Waals surface area contributed by atoms with Gasteiger partial charge in [0, 0.05) is 45.6 Å². The molecule has 0 radical (unpaired) electrons. The summed E-state index contributed by atoms with van der Waals surface area (Å²) >= 11 is 0. The number of piperazine rings is 1. The number of nitrogens with one attached hydrogen (secondary N) is 1. The number of ether oxygens (including phenoxy) is 2. The maximum atomic E-state index is 12.7. The lowest BCUT2D eigenvalue weighted by atomic mass is 9.98. The first-order chi connectivity index (χ1) is 11.8. The molecular weight excluding hydrogens is 337 g/mol. The van der Waals surface area contributed by atoms with Gasteiger partial charge in [0.05, 0.1) is 7.11 Å². The monoisotopic (exact) mass is 360 g/mol. The highest BCUT2D eigenvalue weighted by Gasteiger charge is 2.31. The minimum absolute atomic E-state index is 0.0282. The number of hydrogen-bond acceptors (Lipinski definition) is 5. The van der Waals surface area contributed by atoms with E-state index in [1.54, 1.807) is 18.2 Å². The number of esters is 1. The zero-order valence-corrected chi connectivity index (χ0v) is 14.4. The molecule has 1 aromatic carbocycles. The first-order valence-corrected chi connectivity index (χ1v) is 8.18. The Morgan fingerprint density at radius 3 is 2.52 bits per heavy atom. The predicted octanol–water partition coefficient (Wildman–Crippen LogP) is 2.91. The van der Waals surface area contributed by atoms with Gasteiger partial charge in [-0.05, 0) is 24.1 Å². The van der Waals surface area contributed by atoms with Crippen molar-refractivity contribution in [3.8, 4) is 11.5 Å². The number of rotatable bonds is 6. The molecule has 1 saturated heterocycles. The van der Waals surface area contributed by atoms with Crippen LogP contribution in [0.4, 0.5) is 13.2 Å². The van der Waals surface area contributed by atoms with Gasteiger partial charge in [-0.2, -0.15) is 13.2 Å². The minimum atomic E-state index is -4.20. The van der Waals surface area contributed by atoms with Crippen molar-refractivity contribution in [2.24, 2.45) is 0 Å². The highest BCUT2D eigenvalue weighted by Crippen LogP contribution is 2.36. The molecule has 1 aliphatic rings. The highest BCUT2D eigenvalue weighted by atomic mass is 19.4. The van der Waals surface area contributed by atoms with E-state index in [9.17, 15) is 18.0 Å². The molecule has 0 spiro atoms. The number of nitrogens with zero attached hydrogens (tertiary/aromatic N) is 1. The molecule has 8 heteroatoms. The Morgan fingerprint density at radius 1 is 1.28 bits per heavy atom. The maximum Gasteiger partial charge on any atom is 0.389 e. The summed E-state index contributed by atoms with van der Waals surface area (Å²) in [5, 5.41) is 3.20. The molecular formula is C17H23F3N2O3. The summed E-state index contributed by atoms with van der Waals surface area (Å²) in [6.45, 7) is 4.11. The molecule has 0 aromatic heterocycles. The average molecular weight is 360 g/mol. The Bertz CT molecular complexity index is 587. The van der Waals surface area contributed by atoms with Crippen LogP contribution < -0.4 is 14.8 Å². The van der Waals surface area contributed by atoms with Crippen molar-refractivity contribution in [3.63, 3.8) is 0 Å². The number of benzene rings is 1. The van der Waals surface area contributed by atoms with E-state index in [1.807, 2.05) is 4.90 Å². The van der Waals surface area contributed by atoms with E-state index in [4.69, 9.17) is 9.47 Å². The van der Waals surface area contributed by atoms with Crippen LogP contribution in [0.25, 0.3) is 0 Å². The van der Waals surface area contributed by atoms with Gasteiger partial charge in [0.2, 0.25) is 0 Å². The number of alkyl halides is 3. The van der Waals surface area contributed by atoms with Gasteiger partial charge in [0.1, 0.15) is 0 Å². The third kappa shape index (κ3) is 5.89. The zero-order valence-electron chi connectivity index (χ0n) is 14.4. The molecule has 2 rings (SSSR count). The Kier molecular flexibility index (Phi) is 6.66. The van der Waals surface area contributed by atoms with Gasteiger partial charge in [-0.1, -0.05) is 6.07 Å². The quantitative estimate of drug-likeness (QED) is 0.624. The van der Waals surface area contributed by atoms with E-state index in [0.717, 1.165) is 18.7 Å². The van der Waals surface area contributed by atoms with Gasteiger partial charge in [-0.25, -0.2) is 0 Å². The fraction of sp³-hybridized carbons (Fsp3) is 0.588. The second kappa shape index (κ2) is 8.53. The topological polar surface area (TPSA) is 50.8 Å². The van der Waals surface area contributed by atoms with Crippen molar-refractivity contribution in [1.82, 2.24) is 10.2 Å². The standard InChI is InChI=1S/C17H23F3N2O3/c1-12(23)25-15-4-3-13(11-16(15)24-2)14(5-6-17(18,19)20)22-9-7-21-8-10-22/h3-4,11,14,21H,5-10H2,1-2H3/t14-/m0/s1. The first-order valence-electron chi connectivity index (χ1n) is 8.18. The van der Waals surface area contributed by atoms with Gasteiger partial charge in [-0.15, -0.1) is 0 Å². The Hall–Kier alpha value is -1.80. The third-order valence-electron chi connectivity index (χ3n) is 4.12. The van der Waals surface area contributed by atoms with Crippen molar-refractivity contribution in [2.75, 3.05) is 33.3 Å². The minimum Gasteiger partial charge on any atom is -0.493 e. The summed E-state index contributed by atoms with van der Waals surface area (Å²) in [7, 11) is 1.43. The first kappa shape index (κ1) is 19.5. The summed E-state index contributed by atoms with van der Waals surface area (Å²) in [5.74, 6) is 0.107. The van der Waals surface area contributed by atoms with Crippen LogP contribution in [0.2, 0.25) is 0 Å². The van der Waals surface area contributed by atoms with Gasteiger partial charge in [-0.3, -0.25) is 9.69 Å². The van der Waals surface area contributed by atoms with E-state index >= 15 is 0 Å². The van der Waals surface area contributed by atoms with Crippen LogP contribution in [-0.2, 0) is 4.79 Å². The van der Waals surface area contributed by atoms with Gasteiger partial charge >= 0.3 is 12.1 Å². The lowest BCUT2D eigenvalue weighted by molar-refractivity contribution is -0.138. The summed E-state index contributed by atoms with van der Waals surface area (Å²) in [6.07, 6.45) is -5.08. The molecule has 0 unspecified atom stereocenters. The lowest BCUT2D eigenvalue weighted by Gasteiger charge is -2.35. The van der Waals surface area contributed by atoms with Crippen molar-refractivity contribution in [1.29, 1.82) is 0 Å². The molecule has 1 N–H and O–H groups in total. The van der Waals surface area contributed by atoms with Crippen molar-refractivity contribution < 1.29 is 27.4 Å². The molecule has 0 bridgehead atoms. The predicted molar refractivity (Wildman–Crippen MR) is 86.8 cm³/mol. The molecule has 1 fully saturated rings. The molecule has 0 saturated carbocycles. The van der Waals surface area contributed by atoms with Crippen LogP contribution in [0.15, 0.2) is 18.2 Å². The normalized spacial score (nSPS) is 17.2. The third-order valence-corrected chi connectivity index (χ3v) is 4.12. The lowest BCUT2D eigenvalue weighted by Crippen LogP contribution is -2.45. The van der Waals surface area contributed by atoms with E-state index in [1.165, 1.54) is 14.0 Å². The summed E-state index contributed by atoms with van der Waals surface area (Å²) in [6, 6.07) is 4.55. The number of halogens is 3. The maximum absolute atomic E-state index is 12.7. The van der Waals surface area contributed by atoms with E-state index in [-0.39, 0.29) is 18.2 Å². The summed E-state index contributed by atoms with van der Waals surface area (Å²) < 4.78 is 48.5. The SMILES string of the molecule is COc1cc([C@H](CCC(F)(F)F)N2CCNCC2)ccc1OC(C)=O. The zero-order chi connectivity index (χ0) is 18.4. The second-order valence-electron chi connectivity index (χ2n) is 5.96. The Balaban J connectivity index is 2.26. The fourth-order valence-electron chi connectivity index (χ4n) is 2.98. The van der Waals surface area contributed by atoms with E-state index in [2.05, 4.69) is 5.32 Å². The largest absolute Gasteiger partial charge is 0.493 e. The molecule has 25 heavy (non-hydrogen) atoms. The van der Waals surface area contributed by atoms with E-state index < -0.39 is 18.6 Å². The number of carbonyl (C=O) groups excluding carboxylic acids is 1. The molecule has 1 atom stereocenters. The molecule has 1 aliphatic heterocycles. The van der Waals surface area contributed by atoms with Gasteiger partial charge in [0.15, 0.2) is 11.5 Å². The van der Waals surface area contributed by atoms with Gasteiger partial charge < -0.3 is 14.8 Å². The van der Waals surface area contributed by atoms with Gasteiger partial charge in [0.25, 0.3) is 0 Å². The van der Waals surface area contributed by atoms with Crippen molar-refractivity contribution in [2.45, 2.75) is 32.0 Å². The Labute approximate surface area is 145 Å².